The zero-order chi connectivity index (χ0) is 13.2. The smallest absolute Gasteiger partial charge is 0.233 e. The maximum atomic E-state index is 12.4. The quantitative estimate of drug-likeness (QED) is 0.758. The van der Waals surface area contributed by atoms with Gasteiger partial charge < -0.3 is 4.74 Å². The van der Waals surface area contributed by atoms with E-state index in [2.05, 4.69) is 0 Å². The summed E-state index contributed by atoms with van der Waals surface area (Å²) in [7, 11) is 0. The van der Waals surface area contributed by atoms with Crippen molar-refractivity contribution in [3.63, 3.8) is 0 Å². The number of likely N-dealkylation sites (tertiary alicyclic amines) is 1. The van der Waals surface area contributed by atoms with Crippen LogP contribution >= 0.6 is 0 Å². The molecule has 4 nitrogen and oxygen atoms in total. The van der Waals surface area contributed by atoms with Crippen LogP contribution in [0.2, 0.25) is 0 Å². The van der Waals surface area contributed by atoms with E-state index in [9.17, 15) is 9.59 Å². The van der Waals surface area contributed by atoms with Gasteiger partial charge in [0.1, 0.15) is 0 Å². The van der Waals surface area contributed by atoms with Gasteiger partial charge in [-0.2, -0.15) is 0 Å². The molecule has 2 atom stereocenters. The first-order valence-corrected chi connectivity index (χ1v) is 6.74. The van der Waals surface area contributed by atoms with Crippen molar-refractivity contribution in [2.45, 2.75) is 19.4 Å². The zero-order valence-corrected chi connectivity index (χ0v) is 10.7. The Bertz CT molecular complexity index is 461. The lowest BCUT2D eigenvalue weighted by atomic mass is 9.91. The van der Waals surface area contributed by atoms with Crippen LogP contribution in [-0.4, -0.2) is 29.9 Å². The molecule has 2 aliphatic heterocycles. The first kappa shape index (κ1) is 12.4. The predicted molar refractivity (Wildman–Crippen MR) is 69.0 cm³/mol. The van der Waals surface area contributed by atoms with Crippen LogP contribution in [0.15, 0.2) is 30.3 Å². The van der Waals surface area contributed by atoms with Gasteiger partial charge in [0.15, 0.2) is 0 Å². The molecule has 2 fully saturated rings. The van der Waals surface area contributed by atoms with Crippen molar-refractivity contribution in [1.29, 1.82) is 0 Å². The molecule has 1 aromatic rings. The second kappa shape index (κ2) is 5.13. The maximum absolute atomic E-state index is 12.4. The molecule has 2 saturated heterocycles. The Morgan fingerprint density at radius 1 is 1.00 bits per heavy atom. The lowest BCUT2D eigenvalue weighted by molar-refractivity contribution is -0.141. The summed E-state index contributed by atoms with van der Waals surface area (Å²) in [4.78, 5) is 26.1. The minimum atomic E-state index is -0.168. The fourth-order valence-electron chi connectivity index (χ4n) is 2.95. The third-order valence-corrected chi connectivity index (χ3v) is 3.98. The Balaban J connectivity index is 1.79. The first-order valence-electron chi connectivity index (χ1n) is 6.74. The number of benzene rings is 1. The normalized spacial score (nSPS) is 27.3. The second-order valence-electron chi connectivity index (χ2n) is 5.15. The number of imide groups is 1. The van der Waals surface area contributed by atoms with E-state index in [1.807, 2.05) is 30.3 Å². The highest BCUT2D eigenvalue weighted by Gasteiger charge is 2.47. The van der Waals surface area contributed by atoms with E-state index in [-0.39, 0.29) is 23.7 Å². The lowest BCUT2D eigenvalue weighted by Crippen LogP contribution is -2.31. The van der Waals surface area contributed by atoms with Crippen LogP contribution in [0, 0.1) is 11.8 Å². The third kappa shape index (κ3) is 2.28. The van der Waals surface area contributed by atoms with Crippen LogP contribution in [-0.2, 0) is 20.9 Å². The summed E-state index contributed by atoms with van der Waals surface area (Å²) in [5.41, 5.74) is 0.997. The highest BCUT2D eigenvalue weighted by Crippen LogP contribution is 2.34. The summed E-state index contributed by atoms with van der Waals surface area (Å²) in [5.74, 6) is -0.383. The van der Waals surface area contributed by atoms with Gasteiger partial charge in [-0.15, -0.1) is 0 Å². The van der Waals surface area contributed by atoms with Crippen molar-refractivity contribution in [3.05, 3.63) is 35.9 Å². The van der Waals surface area contributed by atoms with Crippen LogP contribution in [0.4, 0.5) is 0 Å². The number of carbonyl (C=O) groups is 2. The maximum Gasteiger partial charge on any atom is 0.233 e. The molecule has 2 aliphatic rings. The van der Waals surface area contributed by atoms with Gasteiger partial charge >= 0.3 is 0 Å². The Kier molecular flexibility index (Phi) is 3.34. The topological polar surface area (TPSA) is 46.6 Å². The van der Waals surface area contributed by atoms with E-state index >= 15 is 0 Å². The van der Waals surface area contributed by atoms with Gasteiger partial charge in [-0.25, -0.2) is 0 Å². The monoisotopic (exact) mass is 259 g/mol. The molecule has 3 rings (SSSR count). The molecule has 2 heterocycles. The van der Waals surface area contributed by atoms with E-state index in [1.54, 1.807) is 0 Å². The minimum Gasteiger partial charge on any atom is -0.381 e. The summed E-state index contributed by atoms with van der Waals surface area (Å²) in [6.07, 6.45) is 1.33. The molecule has 0 aromatic heterocycles. The molecule has 0 radical (unpaired) electrons. The van der Waals surface area contributed by atoms with E-state index in [4.69, 9.17) is 4.74 Å². The van der Waals surface area contributed by atoms with E-state index < -0.39 is 0 Å². The standard InChI is InChI=1S/C15H17NO3/c17-14-12-6-8-19-9-7-13(12)15(18)16(14)10-11-4-2-1-3-5-11/h1-5,12-13H,6-10H2. The van der Waals surface area contributed by atoms with Gasteiger partial charge in [0.05, 0.1) is 18.4 Å². The molecule has 0 aliphatic carbocycles. The number of nitrogens with zero attached hydrogens (tertiary/aromatic N) is 1. The van der Waals surface area contributed by atoms with Crippen molar-refractivity contribution < 1.29 is 14.3 Å². The molecule has 2 amide bonds. The molecule has 0 saturated carbocycles. The van der Waals surface area contributed by atoms with Crippen LogP contribution in [0.3, 0.4) is 0 Å². The average molecular weight is 259 g/mol. The Morgan fingerprint density at radius 3 is 2.16 bits per heavy atom. The van der Waals surface area contributed by atoms with Crippen molar-refractivity contribution in [3.8, 4) is 0 Å². The number of carbonyl (C=O) groups excluding carboxylic acids is 2. The van der Waals surface area contributed by atoms with Crippen molar-refractivity contribution in [2.75, 3.05) is 13.2 Å². The largest absolute Gasteiger partial charge is 0.381 e. The molecule has 19 heavy (non-hydrogen) atoms. The number of amides is 2. The number of hydrogen-bond donors (Lipinski definition) is 0. The SMILES string of the molecule is O=C1C2CCOCCC2C(=O)N1Cc1ccccc1. The molecule has 0 N–H and O–H groups in total. The summed E-state index contributed by atoms with van der Waals surface area (Å²) >= 11 is 0. The molecule has 2 unspecified atom stereocenters. The highest BCUT2D eigenvalue weighted by atomic mass is 16.5. The van der Waals surface area contributed by atoms with Gasteiger partial charge in [-0.05, 0) is 18.4 Å². The van der Waals surface area contributed by atoms with Gasteiger partial charge in [0.2, 0.25) is 11.8 Å². The van der Waals surface area contributed by atoms with Gasteiger partial charge in [-0.1, -0.05) is 30.3 Å². The molecular weight excluding hydrogens is 242 g/mol. The zero-order valence-electron chi connectivity index (χ0n) is 10.7. The molecular formula is C15H17NO3. The lowest BCUT2D eigenvalue weighted by Gasteiger charge is -2.15. The number of fused-ring (bicyclic) bond motifs is 1. The van der Waals surface area contributed by atoms with Crippen molar-refractivity contribution in [2.24, 2.45) is 11.8 Å². The van der Waals surface area contributed by atoms with E-state index in [0.29, 0.717) is 32.6 Å². The molecule has 0 spiro atoms. The fourth-order valence-corrected chi connectivity index (χ4v) is 2.95. The highest BCUT2D eigenvalue weighted by molar-refractivity contribution is 6.05. The van der Waals surface area contributed by atoms with E-state index in [1.165, 1.54) is 4.90 Å². The molecule has 0 bridgehead atoms. The Hall–Kier alpha value is -1.68. The van der Waals surface area contributed by atoms with Crippen LogP contribution in [0.5, 0.6) is 0 Å². The number of rotatable bonds is 2. The summed E-state index contributed by atoms with van der Waals surface area (Å²) < 4.78 is 5.36. The van der Waals surface area contributed by atoms with Gasteiger partial charge in [0.25, 0.3) is 0 Å². The molecule has 100 valence electrons. The second-order valence-corrected chi connectivity index (χ2v) is 5.15. The summed E-state index contributed by atoms with van der Waals surface area (Å²) in [6.45, 7) is 1.56. The first-order chi connectivity index (χ1) is 9.27. The molecule has 1 aromatic carbocycles. The van der Waals surface area contributed by atoms with E-state index in [0.717, 1.165) is 5.56 Å². The van der Waals surface area contributed by atoms with Crippen LogP contribution in [0.25, 0.3) is 0 Å². The fraction of sp³-hybridized carbons (Fsp3) is 0.467. The summed E-state index contributed by atoms with van der Waals surface area (Å²) in [5, 5.41) is 0. The average Bonchev–Trinajstić information content (AvgIpc) is 2.65. The summed E-state index contributed by atoms with van der Waals surface area (Å²) in [6, 6.07) is 9.66. The third-order valence-electron chi connectivity index (χ3n) is 3.98. The van der Waals surface area contributed by atoms with Crippen LogP contribution in [0.1, 0.15) is 18.4 Å². The molecule has 4 heteroatoms. The number of ether oxygens (including phenoxy) is 1. The number of hydrogen-bond acceptors (Lipinski definition) is 3. The van der Waals surface area contributed by atoms with Crippen LogP contribution < -0.4 is 0 Å². The van der Waals surface area contributed by atoms with Crippen molar-refractivity contribution >= 4 is 11.8 Å². The Labute approximate surface area is 112 Å². The minimum absolute atomic E-state index is 0.0237. The predicted octanol–water partition coefficient (Wildman–Crippen LogP) is 1.60. The van der Waals surface area contributed by atoms with Gasteiger partial charge in [-0.3, -0.25) is 14.5 Å². The van der Waals surface area contributed by atoms with Crippen molar-refractivity contribution in [1.82, 2.24) is 4.90 Å². The van der Waals surface area contributed by atoms with Gasteiger partial charge in [0, 0.05) is 13.2 Å². The Morgan fingerprint density at radius 2 is 1.58 bits per heavy atom.